The Labute approximate surface area is 132 Å². The lowest BCUT2D eigenvalue weighted by Crippen LogP contribution is -2.45. The third-order valence-corrected chi connectivity index (χ3v) is 4.59. The number of carbonyl (C=O) groups excluding carboxylic acids is 1. The van der Waals surface area contributed by atoms with E-state index < -0.39 is 0 Å². The van der Waals surface area contributed by atoms with Gasteiger partial charge in [-0.15, -0.1) is 0 Å². The highest BCUT2D eigenvalue weighted by atomic mass is 16.5. The number of amides is 1. The predicted molar refractivity (Wildman–Crippen MR) is 80.4 cm³/mol. The molecule has 0 saturated carbocycles. The molecule has 2 saturated heterocycles. The van der Waals surface area contributed by atoms with Gasteiger partial charge in [0.1, 0.15) is 0 Å². The third-order valence-electron chi connectivity index (χ3n) is 4.59. The fourth-order valence-electron chi connectivity index (χ4n) is 3.30. The molecule has 2 heterocycles. The molecule has 22 heavy (non-hydrogen) atoms. The lowest BCUT2D eigenvalue weighted by Gasteiger charge is -2.30. The molecule has 120 valence electrons. The molecule has 0 unspecified atom stereocenters. The Hall–Kier alpha value is -1.63. The number of nitrogens with zero attached hydrogens (tertiary/aromatic N) is 4. The molecule has 0 aromatic rings. The third kappa shape index (κ3) is 4.19. The van der Waals surface area contributed by atoms with Crippen LogP contribution in [0.1, 0.15) is 19.8 Å². The van der Waals surface area contributed by atoms with E-state index in [1.54, 1.807) is 0 Å². The standard InChI is InChI=1S/C16H24N4O2/c1-13-10-19(11-14(9-18)3-2-4-17)12-15(13)16(21)20-5-7-22-8-6-20/h13-15H,2-3,5-8,10-12H2,1H3/t13-,14+,15-/m1/s1. The molecule has 2 fully saturated rings. The summed E-state index contributed by atoms with van der Waals surface area (Å²) in [5.74, 6) is 0.437. The molecule has 0 bridgehead atoms. The molecule has 1 amide bonds. The van der Waals surface area contributed by atoms with Crippen molar-refractivity contribution < 1.29 is 9.53 Å². The van der Waals surface area contributed by atoms with Crippen LogP contribution in [-0.4, -0.2) is 61.6 Å². The quantitative estimate of drug-likeness (QED) is 0.752. The molecule has 0 aromatic carbocycles. The van der Waals surface area contributed by atoms with Crippen molar-refractivity contribution in [3.8, 4) is 12.1 Å². The van der Waals surface area contributed by atoms with Gasteiger partial charge in [0.25, 0.3) is 0 Å². The van der Waals surface area contributed by atoms with E-state index in [0.29, 0.717) is 51.6 Å². The minimum atomic E-state index is -0.121. The first kappa shape index (κ1) is 16.7. The van der Waals surface area contributed by atoms with Crippen molar-refractivity contribution >= 4 is 5.91 Å². The summed E-state index contributed by atoms with van der Waals surface area (Å²) in [7, 11) is 0. The van der Waals surface area contributed by atoms with Gasteiger partial charge in [0.15, 0.2) is 0 Å². The summed E-state index contributed by atoms with van der Waals surface area (Å²) in [6.45, 7) is 6.97. The zero-order valence-corrected chi connectivity index (χ0v) is 13.2. The van der Waals surface area contributed by atoms with E-state index in [1.807, 2.05) is 4.90 Å². The van der Waals surface area contributed by atoms with Gasteiger partial charge in [-0.05, 0) is 12.3 Å². The first-order valence-electron chi connectivity index (χ1n) is 8.01. The molecule has 0 aliphatic carbocycles. The van der Waals surface area contributed by atoms with Crippen LogP contribution in [0.15, 0.2) is 0 Å². The van der Waals surface area contributed by atoms with E-state index in [-0.39, 0.29) is 17.7 Å². The second-order valence-corrected chi connectivity index (χ2v) is 6.26. The molecule has 6 nitrogen and oxygen atoms in total. The van der Waals surface area contributed by atoms with E-state index in [0.717, 1.165) is 13.1 Å². The van der Waals surface area contributed by atoms with Gasteiger partial charge >= 0.3 is 0 Å². The Morgan fingerprint density at radius 3 is 2.68 bits per heavy atom. The highest BCUT2D eigenvalue weighted by Crippen LogP contribution is 2.26. The van der Waals surface area contributed by atoms with Crippen LogP contribution in [0.4, 0.5) is 0 Å². The van der Waals surface area contributed by atoms with E-state index in [4.69, 9.17) is 10.00 Å². The molecule has 0 radical (unpaired) electrons. The summed E-state index contributed by atoms with van der Waals surface area (Å²) in [6, 6.07) is 4.38. The van der Waals surface area contributed by atoms with Crippen molar-refractivity contribution in [3.63, 3.8) is 0 Å². The smallest absolute Gasteiger partial charge is 0.227 e. The molecule has 0 spiro atoms. The molecule has 2 aliphatic rings. The number of rotatable bonds is 5. The van der Waals surface area contributed by atoms with Crippen LogP contribution in [0.25, 0.3) is 0 Å². The zero-order valence-electron chi connectivity index (χ0n) is 13.2. The van der Waals surface area contributed by atoms with E-state index in [9.17, 15) is 10.1 Å². The Morgan fingerprint density at radius 1 is 1.32 bits per heavy atom. The number of morpholine rings is 1. The second kappa shape index (κ2) is 8.12. The number of nitriles is 2. The normalized spacial score (nSPS) is 27.1. The summed E-state index contributed by atoms with van der Waals surface area (Å²) in [4.78, 5) is 16.7. The maximum atomic E-state index is 12.6. The summed E-state index contributed by atoms with van der Waals surface area (Å²) in [6.07, 6.45) is 1.03. The molecule has 0 aromatic heterocycles. The zero-order chi connectivity index (χ0) is 15.9. The van der Waals surface area contributed by atoms with Crippen LogP contribution in [0.5, 0.6) is 0 Å². The molecule has 2 rings (SSSR count). The molecule has 6 heteroatoms. The van der Waals surface area contributed by atoms with Gasteiger partial charge in [0.05, 0.1) is 37.2 Å². The summed E-state index contributed by atoms with van der Waals surface area (Å²) in [5, 5.41) is 17.8. The van der Waals surface area contributed by atoms with Crippen LogP contribution < -0.4 is 0 Å². The van der Waals surface area contributed by atoms with Gasteiger partial charge in [-0.3, -0.25) is 4.79 Å². The van der Waals surface area contributed by atoms with E-state index >= 15 is 0 Å². The highest BCUT2D eigenvalue weighted by Gasteiger charge is 2.37. The Balaban J connectivity index is 1.87. The van der Waals surface area contributed by atoms with Crippen LogP contribution in [0, 0.1) is 40.4 Å². The number of hydrogen-bond acceptors (Lipinski definition) is 5. The molecule has 0 N–H and O–H groups in total. The number of likely N-dealkylation sites (tertiary alicyclic amines) is 1. The minimum Gasteiger partial charge on any atom is -0.378 e. The maximum absolute atomic E-state index is 12.6. The molecule has 2 aliphatic heterocycles. The van der Waals surface area contributed by atoms with Crippen molar-refractivity contribution in [2.75, 3.05) is 45.9 Å². The van der Waals surface area contributed by atoms with Gasteiger partial charge in [-0.1, -0.05) is 6.92 Å². The number of carbonyl (C=O) groups is 1. The molecule has 3 atom stereocenters. The van der Waals surface area contributed by atoms with Gasteiger partial charge in [0, 0.05) is 39.1 Å². The second-order valence-electron chi connectivity index (χ2n) is 6.26. The van der Waals surface area contributed by atoms with Crippen LogP contribution in [0.3, 0.4) is 0 Å². The Kier molecular flexibility index (Phi) is 6.18. The van der Waals surface area contributed by atoms with Gasteiger partial charge in [0.2, 0.25) is 5.91 Å². The average Bonchev–Trinajstić information content (AvgIpc) is 2.92. The Bertz CT molecular complexity index is 462. The topological polar surface area (TPSA) is 80.4 Å². The lowest BCUT2D eigenvalue weighted by molar-refractivity contribution is -0.140. The van der Waals surface area contributed by atoms with Crippen LogP contribution in [0.2, 0.25) is 0 Å². The summed E-state index contributed by atoms with van der Waals surface area (Å²) in [5.41, 5.74) is 0. The molecular weight excluding hydrogens is 280 g/mol. The fraction of sp³-hybridized carbons (Fsp3) is 0.812. The maximum Gasteiger partial charge on any atom is 0.227 e. The van der Waals surface area contributed by atoms with Crippen molar-refractivity contribution in [1.29, 1.82) is 10.5 Å². The predicted octanol–water partition coefficient (Wildman–Crippen LogP) is 0.857. The average molecular weight is 304 g/mol. The van der Waals surface area contributed by atoms with E-state index in [1.165, 1.54) is 0 Å². The number of hydrogen-bond donors (Lipinski definition) is 0. The monoisotopic (exact) mass is 304 g/mol. The molecular formula is C16H24N4O2. The van der Waals surface area contributed by atoms with Crippen molar-refractivity contribution in [1.82, 2.24) is 9.80 Å². The SMILES string of the molecule is C[C@@H]1CN(C[C@H](C#N)CCC#N)C[C@H]1C(=O)N1CCOCC1. The Morgan fingerprint density at radius 2 is 2.05 bits per heavy atom. The summed E-state index contributed by atoms with van der Waals surface area (Å²) >= 11 is 0. The van der Waals surface area contributed by atoms with Crippen molar-refractivity contribution in [2.24, 2.45) is 17.8 Å². The first-order chi connectivity index (χ1) is 10.7. The highest BCUT2D eigenvalue weighted by molar-refractivity contribution is 5.79. The van der Waals surface area contributed by atoms with Gasteiger partial charge in [-0.25, -0.2) is 0 Å². The minimum absolute atomic E-state index is 0.0217. The largest absolute Gasteiger partial charge is 0.378 e. The van der Waals surface area contributed by atoms with Gasteiger partial charge in [-0.2, -0.15) is 10.5 Å². The van der Waals surface area contributed by atoms with Crippen LogP contribution >= 0.6 is 0 Å². The lowest BCUT2D eigenvalue weighted by atomic mass is 9.96. The van der Waals surface area contributed by atoms with Crippen molar-refractivity contribution in [3.05, 3.63) is 0 Å². The number of ether oxygens (including phenoxy) is 1. The fourth-order valence-corrected chi connectivity index (χ4v) is 3.30. The van der Waals surface area contributed by atoms with Gasteiger partial charge < -0.3 is 14.5 Å². The first-order valence-corrected chi connectivity index (χ1v) is 8.01. The van der Waals surface area contributed by atoms with Crippen molar-refractivity contribution in [2.45, 2.75) is 19.8 Å². The summed E-state index contributed by atoms with van der Waals surface area (Å²) < 4.78 is 5.30. The van der Waals surface area contributed by atoms with Crippen LogP contribution in [-0.2, 0) is 9.53 Å². The van der Waals surface area contributed by atoms with E-state index in [2.05, 4.69) is 24.0 Å².